The second kappa shape index (κ2) is 6.11. The van der Waals surface area contributed by atoms with Gasteiger partial charge in [0.05, 0.1) is 18.3 Å². The predicted octanol–water partition coefficient (Wildman–Crippen LogP) is 1.46. The van der Waals surface area contributed by atoms with Crippen LogP contribution in [0.25, 0.3) is 0 Å². The van der Waals surface area contributed by atoms with Gasteiger partial charge >= 0.3 is 0 Å². The molecule has 1 unspecified atom stereocenters. The van der Waals surface area contributed by atoms with E-state index in [1.165, 1.54) is 6.42 Å². The Kier molecular flexibility index (Phi) is 4.49. The van der Waals surface area contributed by atoms with E-state index in [1.54, 1.807) is 6.20 Å². The SMILES string of the molecule is NC(=S)c1ncccc1N1CCCCCC1CO. The van der Waals surface area contributed by atoms with Crippen LogP contribution in [0, 0.1) is 0 Å². The number of nitrogens with two attached hydrogens (primary N) is 1. The zero-order valence-electron chi connectivity index (χ0n) is 10.4. The number of aromatic nitrogens is 1. The van der Waals surface area contributed by atoms with Gasteiger partial charge in [-0.25, -0.2) is 0 Å². The molecule has 0 spiro atoms. The molecule has 1 aliphatic rings. The molecule has 1 fully saturated rings. The van der Waals surface area contributed by atoms with Gasteiger partial charge in [-0.3, -0.25) is 4.98 Å². The number of thiocarbonyl (C=S) groups is 1. The van der Waals surface area contributed by atoms with E-state index in [4.69, 9.17) is 18.0 Å². The lowest BCUT2D eigenvalue weighted by molar-refractivity contribution is 0.255. The third-order valence-electron chi connectivity index (χ3n) is 3.42. The number of hydrogen-bond acceptors (Lipinski definition) is 4. The number of rotatable bonds is 3. The van der Waals surface area contributed by atoms with Gasteiger partial charge in [-0.1, -0.05) is 25.1 Å². The van der Waals surface area contributed by atoms with Gasteiger partial charge < -0.3 is 15.7 Å². The van der Waals surface area contributed by atoms with Crippen molar-refractivity contribution < 1.29 is 5.11 Å². The van der Waals surface area contributed by atoms with Gasteiger partial charge in [0, 0.05) is 12.7 Å². The van der Waals surface area contributed by atoms with Crippen molar-refractivity contribution in [3.05, 3.63) is 24.0 Å². The van der Waals surface area contributed by atoms with Crippen LogP contribution in [0.5, 0.6) is 0 Å². The molecule has 2 heterocycles. The molecule has 1 aliphatic heterocycles. The van der Waals surface area contributed by atoms with Gasteiger partial charge in [-0.2, -0.15) is 0 Å². The van der Waals surface area contributed by atoms with E-state index in [-0.39, 0.29) is 12.6 Å². The minimum absolute atomic E-state index is 0.143. The first-order valence-electron chi connectivity index (χ1n) is 6.36. The Balaban J connectivity index is 2.35. The molecule has 5 heteroatoms. The molecule has 1 saturated heterocycles. The van der Waals surface area contributed by atoms with Crippen LogP contribution in [0.3, 0.4) is 0 Å². The summed E-state index contributed by atoms with van der Waals surface area (Å²) in [6, 6.07) is 4.01. The summed E-state index contributed by atoms with van der Waals surface area (Å²) >= 11 is 5.05. The van der Waals surface area contributed by atoms with Crippen molar-refractivity contribution in [1.29, 1.82) is 0 Å². The van der Waals surface area contributed by atoms with Crippen molar-refractivity contribution in [2.24, 2.45) is 5.73 Å². The third kappa shape index (κ3) is 2.79. The molecule has 0 radical (unpaired) electrons. The topological polar surface area (TPSA) is 62.4 Å². The van der Waals surface area contributed by atoms with E-state index in [9.17, 15) is 5.11 Å². The number of anilines is 1. The molecule has 0 amide bonds. The highest BCUT2D eigenvalue weighted by Gasteiger charge is 2.23. The maximum Gasteiger partial charge on any atom is 0.124 e. The van der Waals surface area contributed by atoms with Gasteiger partial charge in [0.15, 0.2) is 0 Å². The molecule has 0 aliphatic carbocycles. The number of aliphatic hydroxyl groups excluding tert-OH is 1. The molecule has 2 rings (SSSR count). The number of nitrogens with zero attached hydrogens (tertiary/aromatic N) is 2. The zero-order valence-corrected chi connectivity index (χ0v) is 11.2. The Morgan fingerprint density at radius 3 is 3.06 bits per heavy atom. The third-order valence-corrected chi connectivity index (χ3v) is 3.61. The van der Waals surface area contributed by atoms with Crippen LogP contribution in [-0.2, 0) is 0 Å². The van der Waals surface area contributed by atoms with Crippen molar-refractivity contribution in [2.45, 2.75) is 31.7 Å². The van der Waals surface area contributed by atoms with Gasteiger partial charge in [-0.15, -0.1) is 0 Å². The maximum absolute atomic E-state index is 9.55. The standard InChI is InChI=1S/C13H19N3OS/c14-13(18)12-11(6-4-7-15-12)16-8-3-1-2-5-10(16)9-17/h4,6-7,10,17H,1-3,5,8-9H2,(H2,14,18). The predicted molar refractivity (Wildman–Crippen MR) is 76.8 cm³/mol. The van der Waals surface area contributed by atoms with Gasteiger partial charge in [0.2, 0.25) is 0 Å². The molecule has 18 heavy (non-hydrogen) atoms. The van der Waals surface area contributed by atoms with Crippen molar-refractivity contribution in [2.75, 3.05) is 18.1 Å². The summed E-state index contributed by atoms with van der Waals surface area (Å²) in [6.07, 6.45) is 6.19. The lowest BCUT2D eigenvalue weighted by Gasteiger charge is -2.31. The molecule has 0 aromatic carbocycles. The van der Waals surface area contributed by atoms with Gasteiger partial charge in [-0.05, 0) is 25.0 Å². The van der Waals surface area contributed by atoms with Crippen LogP contribution in [0.2, 0.25) is 0 Å². The second-order valence-corrected chi connectivity index (χ2v) is 5.05. The van der Waals surface area contributed by atoms with Crippen molar-refractivity contribution >= 4 is 22.9 Å². The van der Waals surface area contributed by atoms with Crippen LogP contribution in [0.4, 0.5) is 5.69 Å². The maximum atomic E-state index is 9.55. The average molecular weight is 265 g/mol. The molecule has 4 nitrogen and oxygen atoms in total. The molecule has 1 atom stereocenters. The first-order chi connectivity index (χ1) is 8.74. The first-order valence-corrected chi connectivity index (χ1v) is 6.77. The van der Waals surface area contributed by atoms with E-state index in [0.717, 1.165) is 31.5 Å². The highest BCUT2D eigenvalue weighted by Crippen LogP contribution is 2.26. The average Bonchev–Trinajstić information content (AvgIpc) is 2.63. The molecule has 0 saturated carbocycles. The molecule has 1 aromatic rings. The lowest BCUT2D eigenvalue weighted by atomic mass is 10.1. The summed E-state index contributed by atoms with van der Waals surface area (Å²) in [5, 5.41) is 9.55. The Bertz CT molecular complexity index is 424. The zero-order chi connectivity index (χ0) is 13.0. The smallest absolute Gasteiger partial charge is 0.124 e. The fraction of sp³-hybridized carbons (Fsp3) is 0.538. The number of pyridine rings is 1. The fourth-order valence-corrected chi connectivity index (χ4v) is 2.66. The molecular weight excluding hydrogens is 246 g/mol. The molecule has 1 aromatic heterocycles. The van der Waals surface area contributed by atoms with Crippen LogP contribution in [0.1, 0.15) is 31.4 Å². The molecule has 3 N–H and O–H groups in total. The summed E-state index contributed by atoms with van der Waals surface area (Å²) in [7, 11) is 0. The molecule has 0 bridgehead atoms. The van der Waals surface area contributed by atoms with Crippen LogP contribution < -0.4 is 10.6 Å². The molecule has 98 valence electrons. The summed E-state index contributed by atoms with van der Waals surface area (Å²) in [5.74, 6) is 0. The Hall–Kier alpha value is -1.20. The second-order valence-electron chi connectivity index (χ2n) is 4.61. The van der Waals surface area contributed by atoms with Crippen LogP contribution in [0.15, 0.2) is 18.3 Å². The van der Waals surface area contributed by atoms with E-state index < -0.39 is 0 Å². The summed E-state index contributed by atoms with van der Waals surface area (Å²) in [6.45, 7) is 1.08. The normalized spacial score (nSPS) is 20.5. The fourth-order valence-electron chi connectivity index (χ4n) is 2.50. The van der Waals surface area contributed by atoms with Gasteiger partial charge in [0.25, 0.3) is 0 Å². The minimum atomic E-state index is 0.143. The summed E-state index contributed by atoms with van der Waals surface area (Å²) in [4.78, 5) is 6.78. The lowest BCUT2D eigenvalue weighted by Crippen LogP contribution is -2.39. The number of hydrogen-bond donors (Lipinski definition) is 2. The van der Waals surface area contributed by atoms with E-state index >= 15 is 0 Å². The van der Waals surface area contributed by atoms with E-state index in [1.807, 2.05) is 12.1 Å². The Labute approximate surface area is 113 Å². The minimum Gasteiger partial charge on any atom is -0.394 e. The monoisotopic (exact) mass is 265 g/mol. The summed E-state index contributed by atoms with van der Waals surface area (Å²) < 4.78 is 0. The van der Waals surface area contributed by atoms with Gasteiger partial charge in [0.1, 0.15) is 10.7 Å². The van der Waals surface area contributed by atoms with Crippen LogP contribution in [-0.4, -0.2) is 34.3 Å². The highest BCUT2D eigenvalue weighted by atomic mass is 32.1. The van der Waals surface area contributed by atoms with E-state index in [2.05, 4.69) is 9.88 Å². The van der Waals surface area contributed by atoms with Crippen molar-refractivity contribution in [3.63, 3.8) is 0 Å². The Morgan fingerprint density at radius 2 is 2.33 bits per heavy atom. The highest BCUT2D eigenvalue weighted by molar-refractivity contribution is 7.80. The summed E-state index contributed by atoms with van der Waals surface area (Å²) in [5.41, 5.74) is 7.34. The largest absolute Gasteiger partial charge is 0.394 e. The van der Waals surface area contributed by atoms with Crippen molar-refractivity contribution in [3.8, 4) is 0 Å². The first kappa shape index (κ1) is 13.2. The van der Waals surface area contributed by atoms with E-state index in [0.29, 0.717) is 10.7 Å². The Morgan fingerprint density at radius 1 is 1.50 bits per heavy atom. The molecular formula is C13H19N3OS. The van der Waals surface area contributed by atoms with Crippen molar-refractivity contribution in [1.82, 2.24) is 4.98 Å². The quantitative estimate of drug-likeness (QED) is 0.810. The van der Waals surface area contributed by atoms with Crippen LogP contribution >= 0.6 is 12.2 Å². The number of aliphatic hydroxyl groups is 1.